The van der Waals surface area contributed by atoms with Crippen molar-refractivity contribution in [3.63, 3.8) is 0 Å². The highest BCUT2D eigenvalue weighted by atomic mass is 16.3. The van der Waals surface area contributed by atoms with E-state index >= 15 is 0 Å². The number of para-hydroxylation sites is 2. The number of phenols is 1. The second kappa shape index (κ2) is 16.3. The van der Waals surface area contributed by atoms with Gasteiger partial charge in [-0.1, -0.05) is 171 Å². The minimum Gasteiger partial charge on any atom is -0.507 e. The largest absolute Gasteiger partial charge is 0.507 e. The Morgan fingerprint density at radius 3 is 1.83 bits per heavy atom. The summed E-state index contributed by atoms with van der Waals surface area (Å²) in [6, 6.07) is 59.3. The number of nitrogens with zero attached hydrogens (tertiary/aromatic N) is 3. The van der Waals surface area contributed by atoms with Gasteiger partial charge in [0.15, 0.2) is 0 Å². The summed E-state index contributed by atoms with van der Waals surface area (Å²) < 4.78 is 10.8. The maximum atomic E-state index is 11.5. The summed E-state index contributed by atoms with van der Waals surface area (Å²) in [4.78, 5) is 10.5. The van der Waals surface area contributed by atoms with Crippen molar-refractivity contribution in [1.29, 1.82) is 0 Å². The maximum absolute atomic E-state index is 11.5. The van der Waals surface area contributed by atoms with E-state index in [2.05, 4.69) is 167 Å². The van der Waals surface area contributed by atoms with Crippen molar-refractivity contribution in [2.24, 2.45) is 0 Å². The van der Waals surface area contributed by atoms with Gasteiger partial charge in [-0.05, 0) is 121 Å². The van der Waals surface area contributed by atoms with Gasteiger partial charge in [-0.3, -0.25) is 9.55 Å². The molecule has 0 fully saturated rings. The van der Waals surface area contributed by atoms with Crippen LogP contribution in [-0.2, 0) is 10.8 Å². The summed E-state index contributed by atoms with van der Waals surface area (Å²) in [6.45, 7) is 17.3. The predicted octanol–water partition coefficient (Wildman–Crippen LogP) is 15.8. The summed E-state index contributed by atoms with van der Waals surface area (Å²) in [5.41, 5.74) is 17.1. The second-order valence-corrected chi connectivity index (χ2v) is 18.9. The second-order valence-electron chi connectivity index (χ2n) is 18.9. The number of aromatic hydroxyl groups is 1. The number of benzene rings is 7. The van der Waals surface area contributed by atoms with Crippen LogP contribution in [0.4, 0.5) is 0 Å². The maximum Gasteiger partial charge on any atom is 0.149 e. The van der Waals surface area contributed by atoms with Gasteiger partial charge in [-0.15, -0.1) is 0 Å². The van der Waals surface area contributed by atoms with Crippen LogP contribution in [0.3, 0.4) is 0 Å². The molecule has 1 N–H and O–H groups in total. The molecule has 4 heteroatoms. The van der Waals surface area contributed by atoms with Gasteiger partial charge < -0.3 is 5.11 Å². The molecule has 4 nitrogen and oxygen atoms in total. The van der Waals surface area contributed by atoms with Crippen LogP contribution in [0.2, 0.25) is 0 Å². The smallest absolute Gasteiger partial charge is 0.149 e. The highest BCUT2D eigenvalue weighted by Crippen LogP contribution is 2.43. The zero-order valence-electron chi connectivity index (χ0n) is 38.5. The molecule has 0 amide bonds. The molecule has 0 aliphatic carbocycles. The SMILES string of the molecule is [2H]C(C)(C)c1ccc(-c2ccnc(-c3cc(-c4ccccc4)cc(-c4cccc5c4nc(-c4ccccc4O)n5-c4cc(C(C)(C)C)ccc4-c4ccc(C(C)(C)C)cc4)c3)c2)cc1. The molecule has 9 aromatic rings. The zero-order chi connectivity index (χ0) is 45.0. The van der Waals surface area contributed by atoms with Gasteiger partial charge in [0, 0.05) is 24.3 Å². The molecular formula is C59H55N3O. The van der Waals surface area contributed by atoms with E-state index in [-0.39, 0.29) is 16.6 Å². The van der Waals surface area contributed by atoms with E-state index in [0.717, 1.165) is 78.0 Å². The molecule has 0 saturated carbocycles. The summed E-state index contributed by atoms with van der Waals surface area (Å²) in [7, 11) is 0. The third kappa shape index (κ3) is 8.22. The average Bonchev–Trinajstić information content (AvgIpc) is 3.68. The van der Waals surface area contributed by atoms with Crippen LogP contribution in [0.15, 0.2) is 176 Å². The van der Waals surface area contributed by atoms with Crippen molar-refractivity contribution >= 4 is 11.0 Å². The Morgan fingerprint density at radius 1 is 0.508 bits per heavy atom. The average molecular weight is 823 g/mol. The molecule has 0 atom stereocenters. The van der Waals surface area contributed by atoms with E-state index in [1.54, 1.807) is 6.07 Å². The first-order chi connectivity index (χ1) is 30.5. The van der Waals surface area contributed by atoms with Gasteiger partial charge in [0.2, 0.25) is 0 Å². The lowest BCUT2D eigenvalue weighted by Gasteiger charge is -2.24. The van der Waals surface area contributed by atoms with Gasteiger partial charge in [-0.25, -0.2) is 4.98 Å². The highest BCUT2D eigenvalue weighted by Gasteiger charge is 2.25. The van der Waals surface area contributed by atoms with Gasteiger partial charge >= 0.3 is 0 Å². The number of fused-ring (bicyclic) bond motifs is 1. The van der Waals surface area contributed by atoms with E-state index in [1.807, 2.05) is 62.5 Å². The fourth-order valence-corrected chi connectivity index (χ4v) is 8.49. The number of hydrogen-bond acceptors (Lipinski definition) is 3. The summed E-state index contributed by atoms with van der Waals surface area (Å²) >= 11 is 0. The monoisotopic (exact) mass is 822 g/mol. The molecule has 0 spiro atoms. The van der Waals surface area contributed by atoms with Gasteiger partial charge in [-0.2, -0.15) is 0 Å². The van der Waals surface area contributed by atoms with Crippen molar-refractivity contribution in [2.45, 2.75) is 72.1 Å². The van der Waals surface area contributed by atoms with Crippen molar-refractivity contribution in [3.8, 4) is 78.6 Å². The molecule has 2 aromatic heterocycles. The molecule has 0 aliphatic heterocycles. The Morgan fingerprint density at radius 2 is 1.13 bits per heavy atom. The first-order valence-electron chi connectivity index (χ1n) is 22.4. The quantitative estimate of drug-likeness (QED) is 0.166. The fourth-order valence-electron chi connectivity index (χ4n) is 8.49. The third-order valence-electron chi connectivity index (χ3n) is 12.2. The molecule has 312 valence electrons. The number of aromatic nitrogens is 3. The summed E-state index contributed by atoms with van der Waals surface area (Å²) in [6.07, 6.45) is 1.88. The highest BCUT2D eigenvalue weighted by molar-refractivity contribution is 5.98. The minimum absolute atomic E-state index is 0.0234. The van der Waals surface area contributed by atoms with Crippen molar-refractivity contribution in [2.75, 3.05) is 0 Å². The predicted molar refractivity (Wildman–Crippen MR) is 265 cm³/mol. The summed E-state index contributed by atoms with van der Waals surface area (Å²) in [5, 5.41) is 11.5. The topological polar surface area (TPSA) is 50.9 Å². The zero-order valence-corrected chi connectivity index (χ0v) is 37.5. The lowest BCUT2D eigenvalue weighted by atomic mass is 9.84. The van der Waals surface area contributed by atoms with Crippen molar-refractivity contribution in [1.82, 2.24) is 14.5 Å². The van der Waals surface area contributed by atoms with E-state index in [0.29, 0.717) is 11.4 Å². The Bertz CT molecular complexity index is 3140. The number of rotatable bonds is 8. The van der Waals surface area contributed by atoms with Crippen molar-refractivity contribution in [3.05, 3.63) is 193 Å². The first-order valence-corrected chi connectivity index (χ1v) is 21.9. The van der Waals surface area contributed by atoms with Crippen LogP contribution in [0.1, 0.15) is 79.3 Å². The molecule has 0 saturated heterocycles. The van der Waals surface area contributed by atoms with E-state index in [4.69, 9.17) is 11.3 Å². The van der Waals surface area contributed by atoms with Crippen molar-refractivity contribution < 1.29 is 6.48 Å². The Balaban J connectivity index is 1.28. The molecule has 7 aromatic carbocycles. The molecule has 0 bridgehead atoms. The van der Waals surface area contributed by atoms with Crippen LogP contribution in [0.25, 0.3) is 83.9 Å². The molecule has 0 aliphatic rings. The van der Waals surface area contributed by atoms with Crippen LogP contribution in [-0.4, -0.2) is 19.6 Å². The third-order valence-corrected chi connectivity index (χ3v) is 12.2. The molecule has 0 radical (unpaired) electrons. The van der Waals surface area contributed by atoms with E-state index in [9.17, 15) is 5.11 Å². The van der Waals surface area contributed by atoms with Gasteiger partial charge in [0.1, 0.15) is 11.6 Å². The molecule has 63 heavy (non-hydrogen) atoms. The lowest BCUT2D eigenvalue weighted by molar-refractivity contribution is 0.477. The number of hydrogen-bond donors (Lipinski definition) is 1. The first kappa shape index (κ1) is 40.1. The number of phenolic OH excluding ortho intramolecular Hbond substituents is 1. The Hall–Kier alpha value is -7.04. The molecule has 0 unspecified atom stereocenters. The standard InChI is InChI=1S/C59H55N3O/c1-38(2)39-21-23-41(24-22-39)43-31-32-60-52(36-43)46-34-44(40-15-10-9-11-16-40)33-45(35-46)50-18-14-19-53-56(50)61-57(51-17-12-13-20-55(51)63)62(53)54-37-48(59(6,7)8)29-30-49(54)42-25-27-47(28-26-42)58(3,4)5/h9-38,63H,1-8H3/i38D. The van der Waals surface area contributed by atoms with E-state index < -0.39 is 5.89 Å². The van der Waals surface area contributed by atoms with Gasteiger partial charge in [0.05, 0.1) is 28.0 Å². The molecule has 2 heterocycles. The molecule has 9 rings (SSSR count). The Labute approximate surface area is 374 Å². The normalized spacial score (nSPS) is 12.4. The van der Waals surface area contributed by atoms with Crippen LogP contribution in [0, 0.1) is 0 Å². The Kier molecular flexibility index (Phi) is 10.4. The number of pyridine rings is 1. The number of imidazole rings is 1. The van der Waals surface area contributed by atoms with Gasteiger partial charge in [0.25, 0.3) is 0 Å². The molecular weight excluding hydrogens is 767 g/mol. The summed E-state index contributed by atoms with van der Waals surface area (Å²) in [5.74, 6) is 0.155. The van der Waals surface area contributed by atoms with E-state index in [1.165, 1.54) is 11.1 Å². The van der Waals surface area contributed by atoms with Crippen LogP contribution < -0.4 is 0 Å². The minimum atomic E-state index is -0.672. The lowest BCUT2D eigenvalue weighted by Crippen LogP contribution is -2.13. The fraction of sp³-hybridized carbons (Fsp3) is 0.186. The van der Waals surface area contributed by atoms with Crippen LogP contribution in [0.5, 0.6) is 5.75 Å². The van der Waals surface area contributed by atoms with Crippen LogP contribution >= 0.6 is 0 Å².